The molecular weight excluding hydrogens is 296 g/mol. The Hall–Kier alpha value is -0.650. The van der Waals surface area contributed by atoms with Crippen LogP contribution in [0.15, 0.2) is 0 Å². The third kappa shape index (κ3) is 19.3. The van der Waals surface area contributed by atoms with E-state index in [1.165, 1.54) is 0 Å². The van der Waals surface area contributed by atoms with Crippen molar-refractivity contribution in [1.82, 2.24) is 0 Å². The van der Waals surface area contributed by atoms with E-state index >= 15 is 0 Å². The van der Waals surface area contributed by atoms with Crippen LogP contribution in [-0.4, -0.2) is 52.2 Å². The molecule has 0 aromatic heterocycles. The molecular formula is C18H36O5. The summed E-state index contributed by atoms with van der Waals surface area (Å²) in [5, 5.41) is 0. The van der Waals surface area contributed by atoms with E-state index in [2.05, 4.69) is 27.7 Å². The number of carbonyl (C=O) groups excluding carboxylic acids is 1. The zero-order valence-electron chi connectivity index (χ0n) is 15.5. The minimum atomic E-state index is -0.135. The normalized spacial score (nSPS) is 11.4. The molecule has 5 heteroatoms. The Balaban J connectivity index is 3.14. The van der Waals surface area contributed by atoms with Crippen LogP contribution in [0.5, 0.6) is 0 Å². The standard InChI is InChI=1S/C18H36O5/c1-16(2)7-10-21-13-15-22-14-12-20-9-5-6-18(19)23-11-8-17(3)4/h16-17H,5-15H2,1-4H3. The summed E-state index contributed by atoms with van der Waals surface area (Å²) in [6.07, 6.45) is 3.12. The summed E-state index contributed by atoms with van der Waals surface area (Å²) in [5.41, 5.74) is 0. The molecule has 0 saturated carbocycles. The lowest BCUT2D eigenvalue weighted by Gasteiger charge is -2.08. The minimum absolute atomic E-state index is 0.135. The van der Waals surface area contributed by atoms with Crippen molar-refractivity contribution in [1.29, 1.82) is 0 Å². The van der Waals surface area contributed by atoms with Gasteiger partial charge in [-0.2, -0.15) is 0 Å². The topological polar surface area (TPSA) is 54.0 Å². The average molecular weight is 332 g/mol. The second kappa shape index (κ2) is 16.2. The molecule has 0 rings (SSSR count). The monoisotopic (exact) mass is 332 g/mol. The first-order valence-electron chi connectivity index (χ1n) is 8.91. The molecule has 138 valence electrons. The van der Waals surface area contributed by atoms with Gasteiger partial charge in [0.15, 0.2) is 0 Å². The highest BCUT2D eigenvalue weighted by Gasteiger charge is 2.03. The molecule has 0 aromatic carbocycles. The molecule has 5 nitrogen and oxygen atoms in total. The quantitative estimate of drug-likeness (QED) is 0.320. The molecule has 0 atom stereocenters. The van der Waals surface area contributed by atoms with Gasteiger partial charge in [-0.15, -0.1) is 0 Å². The molecule has 0 aliphatic carbocycles. The summed E-state index contributed by atoms with van der Waals surface area (Å²) in [6, 6.07) is 0. The number of ether oxygens (including phenoxy) is 4. The fourth-order valence-electron chi connectivity index (χ4n) is 1.66. The first-order chi connectivity index (χ1) is 11.0. The van der Waals surface area contributed by atoms with Gasteiger partial charge >= 0.3 is 5.97 Å². The maximum Gasteiger partial charge on any atom is 0.305 e. The second-order valence-electron chi connectivity index (χ2n) is 6.53. The van der Waals surface area contributed by atoms with Crippen molar-refractivity contribution in [3.63, 3.8) is 0 Å². The van der Waals surface area contributed by atoms with Gasteiger partial charge in [-0.25, -0.2) is 0 Å². The molecule has 0 N–H and O–H groups in total. The predicted octanol–water partition coefficient (Wildman–Crippen LogP) is 3.45. The summed E-state index contributed by atoms with van der Waals surface area (Å²) in [6.45, 7) is 12.8. The summed E-state index contributed by atoms with van der Waals surface area (Å²) >= 11 is 0. The van der Waals surface area contributed by atoms with E-state index in [1.807, 2.05) is 0 Å². The number of hydrogen-bond acceptors (Lipinski definition) is 5. The Morgan fingerprint density at radius 1 is 0.696 bits per heavy atom. The fourth-order valence-corrected chi connectivity index (χ4v) is 1.66. The maximum atomic E-state index is 11.4. The lowest BCUT2D eigenvalue weighted by Crippen LogP contribution is -2.12. The first kappa shape index (κ1) is 22.4. The summed E-state index contributed by atoms with van der Waals surface area (Å²) in [7, 11) is 0. The molecule has 23 heavy (non-hydrogen) atoms. The molecule has 0 amide bonds. The Morgan fingerprint density at radius 2 is 1.17 bits per heavy atom. The van der Waals surface area contributed by atoms with Gasteiger partial charge in [0, 0.05) is 19.6 Å². The van der Waals surface area contributed by atoms with Crippen molar-refractivity contribution >= 4 is 5.97 Å². The van der Waals surface area contributed by atoms with E-state index in [1.54, 1.807) is 0 Å². The van der Waals surface area contributed by atoms with E-state index < -0.39 is 0 Å². The van der Waals surface area contributed by atoms with Gasteiger partial charge in [-0.05, 0) is 31.1 Å². The molecule has 0 aliphatic heterocycles. The number of esters is 1. The molecule has 0 saturated heterocycles. The van der Waals surface area contributed by atoms with Gasteiger partial charge in [-0.3, -0.25) is 4.79 Å². The van der Waals surface area contributed by atoms with Crippen LogP contribution in [-0.2, 0) is 23.7 Å². The Bertz CT molecular complexity index is 266. The molecule has 0 aromatic rings. The van der Waals surface area contributed by atoms with Gasteiger partial charge < -0.3 is 18.9 Å². The van der Waals surface area contributed by atoms with Crippen molar-refractivity contribution in [2.75, 3.05) is 46.2 Å². The fraction of sp³-hybridized carbons (Fsp3) is 0.944. The van der Waals surface area contributed by atoms with Crippen molar-refractivity contribution in [3.05, 3.63) is 0 Å². The van der Waals surface area contributed by atoms with E-state index in [4.69, 9.17) is 18.9 Å². The van der Waals surface area contributed by atoms with Crippen LogP contribution < -0.4 is 0 Å². The van der Waals surface area contributed by atoms with Crippen LogP contribution in [0.4, 0.5) is 0 Å². The summed E-state index contributed by atoms with van der Waals surface area (Å²) in [4.78, 5) is 11.4. The Kier molecular flexibility index (Phi) is 15.8. The highest BCUT2D eigenvalue weighted by Crippen LogP contribution is 2.01. The first-order valence-corrected chi connectivity index (χ1v) is 8.91. The zero-order chi connectivity index (χ0) is 17.3. The SMILES string of the molecule is CC(C)CCOCCOCCOCCCC(=O)OCCC(C)C. The molecule has 0 aliphatic rings. The van der Waals surface area contributed by atoms with E-state index in [9.17, 15) is 4.79 Å². The van der Waals surface area contributed by atoms with Gasteiger partial charge in [-0.1, -0.05) is 27.7 Å². The van der Waals surface area contributed by atoms with Crippen molar-refractivity contribution in [2.45, 2.75) is 53.4 Å². The molecule has 0 heterocycles. The molecule has 0 radical (unpaired) electrons. The largest absolute Gasteiger partial charge is 0.466 e. The summed E-state index contributed by atoms with van der Waals surface area (Å²) in [5.74, 6) is 1.10. The number of hydrogen-bond donors (Lipinski definition) is 0. The average Bonchev–Trinajstić information content (AvgIpc) is 2.47. The number of carbonyl (C=O) groups is 1. The lowest BCUT2D eigenvalue weighted by molar-refractivity contribution is -0.144. The predicted molar refractivity (Wildman–Crippen MR) is 91.6 cm³/mol. The van der Waals surface area contributed by atoms with Crippen LogP contribution in [0.1, 0.15) is 53.4 Å². The lowest BCUT2D eigenvalue weighted by atomic mass is 10.1. The highest BCUT2D eigenvalue weighted by molar-refractivity contribution is 5.69. The van der Waals surface area contributed by atoms with E-state index in [0.29, 0.717) is 64.3 Å². The third-order valence-corrected chi connectivity index (χ3v) is 3.21. The number of rotatable bonds is 16. The zero-order valence-corrected chi connectivity index (χ0v) is 15.5. The van der Waals surface area contributed by atoms with Crippen LogP contribution >= 0.6 is 0 Å². The van der Waals surface area contributed by atoms with Crippen LogP contribution in [0.3, 0.4) is 0 Å². The van der Waals surface area contributed by atoms with E-state index in [-0.39, 0.29) is 5.97 Å². The smallest absolute Gasteiger partial charge is 0.305 e. The Morgan fingerprint density at radius 3 is 1.74 bits per heavy atom. The summed E-state index contributed by atoms with van der Waals surface area (Å²) < 4.78 is 21.4. The highest BCUT2D eigenvalue weighted by atomic mass is 16.5. The van der Waals surface area contributed by atoms with Crippen LogP contribution in [0.2, 0.25) is 0 Å². The van der Waals surface area contributed by atoms with Gasteiger partial charge in [0.05, 0.1) is 33.0 Å². The van der Waals surface area contributed by atoms with Gasteiger partial charge in [0.2, 0.25) is 0 Å². The maximum absolute atomic E-state index is 11.4. The van der Waals surface area contributed by atoms with Crippen molar-refractivity contribution < 1.29 is 23.7 Å². The molecule has 0 unspecified atom stereocenters. The minimum Gasteiger partial charge on any atom is -0.466 e. The van der Waals surface area contributed by atoms with Crippen molar-refractivity contribution in [2.24, 2.45) is 11.8 Å². The Labute approximate surface area is 142 Å². The van der Waals surface area contributed by atoms with Crippen molar-refractivity contribution in [3.8, 4) is 0 Å². The van der Waals surface area contributed by atoms with Gasteiger partial charge in [0.1, 0.15) is 0 Å². The van der Waals surface area contributed by atoms with Crippen LogP contribution in [0, 0.1) is 11.8 Å². The van der Waals surface area contributed by atoms with E-state index in [0.717, 1.165) is 19.4 Å². The third-order valence-electron chi connectivity index (χ3n) is 3.21. The molecule has 0 spiro atoms. The second-order valence-corrected chi connectivity index (χ2v) is 6.53. The van der Waals surface area contributed by atoms with Gasteiger partial charge in [0.25, 0.3) is 0 Å². The molecule has 0 fully saturated rings. The van der Waals surface area contributed by atoms with Crippen LogP contribution in [0.25, 0.3) is 0 Å². The molecule has 0 bridgehead atoms.